The van der Waals surface area contributed by atoms with Gasteiger partial charge in [0, 0.05) is 12.7 Å². The van der Waals surface area contributed by atoms with Crippen molar-refractivity contribution in [2.45, 2.75) is 12.5 Å². The molecular weight excluding hydrogens is 264 g/mol. The number of nitrogens with two attached hydrogens (primary N) is 1. The van der Waals surface area contributed by atoms with Crippen molar-refractivity contribution in [3.8, 4) is 5.75 Å². The first-order chi connectivity index (χ1) is 10.1. The molecule has 0 radical (unpaired) electrons. The summed E-state index contributed by atoms with van der Waals surface area (Å²) >= 11 is 0. The summed E-state index contributed by atoms with van der Waals surface area (Å²) in [7, 11) is 3.34. The first-order valence-corrected chi connectivity index (χ1v) is 6.83. The lowest BCUT2D eigenvalue weighted by atomic mass is 10.1. The number of hydrogen-bond acceptors (Lipinski definition) is 3. The molecular formula is C17H20N2O2. The van der Waals surface area contributed by atoms with Crippen LogP contribution in [0.25, 0.3) is 0 Å². The summed E-state index contributed by atoms with van der Waals surface area (Å²) in [5, 5.41) is 0. The summed E-state index contributed by atoms with van der Waals surface area (Å²) < 4.78 is 5.11. The second-order valence-electron chi connectivity index (χ2n) is 4.89. The number of hydrogen-bond donors (Lipinski definition) is 1. The first kappa shape index (κ1) is 15.1. The average Bonchev–Trinajstić information content (AvgIpc) is 2.54. The zero-order chi connectivity index (χ0) is 15.2. The van der Waals surface area contributed by atoms with E-state index in [4.69, 9.17) is 10.5 Å². The minimum absolute atomic E-state index is 0.107. The zero-order valence-corrected chi connectivity index (χ0v) is 12.3. The Morgan fingerprint density at radius 1 is 1.14 bits per heavy atom. The molecule has 0 fully saturated rings. The maximum atomic E-state index is 12.4. The highest BCUT2D eigenvalue weighted by Crippen LogP contribution is 2.19. The van der Waals surface area contributed by atoms with Gasteiger partial charge in [-0.2, -0.15) is 0 Å². The van der Waals surface area contributed by atoms with Crippen LogP contribution in [0.3, 0.4) is 0 Å². The van der Waals surface area contributed by atoms with Gasteiger partial charge in [-0.15, -0.1) is 0 Å². The normalized spacial score (nSPS) is 11.8. The molecule has 0 aliphatic carbocycles. The number of carbonyl (C=O) groups excluding carboxylic acids is 1. The van der Waals surface area contributed by atoms with Gasteiger partial charge in [-0.3, -0.25) is 4.79 Å². The highest BCUT2D eigenvalue weighted by molar-refractivity contribution is 5.96. The van der Waals surface area contributed by atoms with Gasteiger partial charge in [0.15, 0.2) is 0 Å². The van der Waals surface area contributed by atoms with Gasteiger partial charge in [0.05, 0.1) is 13.2 Å². The Hall–Kier alpha value is -2.33. The fraction of sp³-hybridized carbons (Fsp3) is 0.235. The minimum atomic E-state index is -0.556. The van der Waals surface area contributed by atoms with Crippen LogP contribution in [0.15, 0.2) is 54.6 Å². The molecule has 21 heavy (non-hydrogen) atoms. The highest BCUT2D eigenvalue weighted by Gasteiger charge is 2.19. The highest BCUT2D eigenvalue weighted by atomic mass is 16.5. The van der Waals surface area contributed by atoms with Gasteiger partial charge < -0.3 is 15.4 Å². The summed E-state index contributed by atoms with van der Waals surface area (Å²) in [5.74, 6) is 0.650. The maximum absolute atomic E-state index is 12.4. The number of anilines is 1. The van der Waals surface area contributed by atoms with Crippen molar-refractivity contribution in [1.29, 1.82) is 0 Å². The number of amides is 1. The van der Waals surface area contributed by atoms with E-state index in [0.717, 1.165) is 17.0 Å². The van der Waals surface area contributed by atoms with Crippen LogP contribution in [0.1, 0.15) is 5.56 Å². The Morgan fingerprint density at radius 2 is 1.76 bits per heavy atom. The molecule has 0 saturated carbocycles. The summed E-state index contributed by atoms with van der Waals surface area (Å²) in [6, 6.07) is 16.5. The molecule has 0 unspecified atom stereocenters. The van der Waals surface area contributed by atoms with E-state index in [1.54, 1.807) is 19.1 Å². The SMILES string of the molecule is COc1ccc(N(C)C(=O)[C@H](N)Cc2ccccc2)cc1. The number of rotatable bonds is 5. The molecule has 1 atom stereocenters. The van der Waals surface area contributed by atoms with Crippen molar-refractivity contribution in [1.82, 2.24) is 0 Å². The Balaban J connectivity index is 2.03. The third kappa shape index (κ3) is 3.83. The van der Waals surface area contributed by atoms with Crippen molar-refractivity contribution in [3.05, 3.63) is 60.2 Å². The van der Waals surface area contributed by atoms with Crippen molar-refractivity contribution >= 4 is 11.6 Å². The fourth-order valence-corrected chi connectivity index (χ4v) is 2.14. The summed E-state index contributed by atoms with van der Waals surface area (Å²) in [5.41, 5.74) is 7.88. The smallest absolute Gasteiger partial charge is 0.243 e. The van der Waals surface area contributed by atoms with Gasteiger partial charge in [-0.05, 0) is 36.2 Å². The van der Waals surface area contributed by atoms with E-state index in [1.165, 1.54) is 0 Å². The third-order valence-electron chi connectivity index (χ3n) is 3.41. The number of ether oxygens (including phenoxy) is 1. The van der Waals surface area contributed by atoms with Gasteiger partial charge in [-0.25, -0.2) is 0 Å². The molecule has 2 aromatic rings. The van der Waals surface area contributed by atoms with Gasteiger partial charge >= 0.3 is 0 Å². The van der Waals surface area contributed by atoms with E-state index in [2.05, 4.69) is 0 Å². The molecule has 2 aromatic carbocycles. The van der Waals surface area contributed by atoms with Gasteiger partial charge in [-0.1, -0.05) is 30.3 Å². The summed E-state index contributed by atoms with van der Waals surface area (Å²) in [4.78, 5) is 13.9. The third-order valence-corrected chi connectivity index (χ3v) is 3.41. The van der Waals surface area contributed by atoms with E-state index in [1.807, 2.05) is 54.6 Å². The molecule has 2 N–H and O–H groups in total. The molecule has 0 saturated heterocycles. The molecule has 110 valence electrons. The van der Waals surface area contributed by atoms with Crippen LogP contribution in [-0.2, 0) is 11.2 Å². The molecule has 2 rings (SSSR count). The Kier molecular flexibility index (Phi) is 4.95. The van der Waals surface area contributed by atoms with Gasteiger partial charge in [0.25, 0.3) is 0 Å². The fourth-order valence-electron chi connectivity index (χ4n) is 2.14. The average molecular weight is 284 g/mol. The van der Waals surface area contributed by atoms with E-state index in [9.17, 15) is 4.79 Å². The van der Waals surface area contributed by atoms with Crippen LogP contribution in [-0.4, -0.2) is 26.1 Å². The number of methoxy groups -OCH3 is 1. The van der Waals surface area contributed by atoms with Crippen molar-refractivity contribution in [3.63, 3.8) is 0 Å². The first-order valence-electron chi connectivity index (χ1n) is 6.83. The molecule has 0 aliphatic rings. The van der Waals surface area contributed by atoms with Gasteiger partial charge in [0.1, 0.15) is 5.75 Å². The second-order valence-corrected chi connectivity index (χ2v) is 4.89. The van der Waals surface area contributed by atoms with E-state index < -0.39 is 6.04 Å². The lowest BCUT2D eigenvalue weighted by Gasteiger charge is -2.21. The predicted octanol–water partition coefficient (Wildman–Crippen LogP) is 2.23. The summed E-state index contributed by atoms with van der Waals surface area (Å²) in [6.45, 7) is 0. The monoisotopic (exact) mass is 284 g/mol. The van der Waals surface area contributed by atoms with E-state index >= 15 is 0 Å². The minimum Gasteiger partial charge on any atom is -0.497 e. The lowest BCUT2D eigenvalue weighted by Crippen LogP contribution is -2.43. The Labute approximate surface area is 125 Å². The molecule has 0 spiro atoms. The molecule has 0 heterocycles. The topological polar surface area (TPSA) is 55.6 Å². The molecule has 4 nitrogen and oxygen atoms in total. The Morgan fingerprint density at radius 3 is 2.33 bits per heavy atom. The summed E-state index contributed by atoms with van der Waals surface area (Å²) in [6.07, 6.45) is 0.528. The van der Waals surface area contributed by atoms with Crippen LogP contribution < -0.4 is 15.4 Å². The van der Waals surface area contributed by atoms with Crippen LogP contribution in [0.4, 0.5) is 5.69 Å². The van der Waals surface area contributed by atoms with Crippen molar-refractivity contribution in [2.75, 3.05) is 19.1 Å². The van der Waals surface area contributed by atoms with Crippen molar-refractivity contribution < 1.29 is 9.53 Å². The van der Waals surface area contributed by atoms with Gasteiger partial charge in [0.2, 0.25) is 5.91 Å². The van der Waals surface area contributed by atoms with Crippen LogP contribution in [0.2, 0.25) is 0 Å². The quantitative estimate of drug-likeness (QED) is 0.916. The molecule has 0 aliphatic heterocycles. The standard InChI is InChI=1S/C17H20N2O2/c1-19(14-8-10-15(21-2)11-9-14)17(20)16(18)12-13-6-4-3-5-7-13/h3-11,16H,12,18H2,1-2H3/t16-/m1/s1. The number of nitrogens with zero attached hydrogens (tertiary/aromatic N) is 1. The zero-order valence-electron chi connectivity index (χ0n) is 12.3. The van der Waals surface area contributed by atoms with Crippen molar-refractivity contribution in [2.24, 2.45) is 5.73 Å². The second kappa shape index (κ2) is 6.90. The molecule has 0 bridgehead atoms. The van der Waals surface area contributed by atoms with E-state index in [0.29, 0.717) is 6.42 Å². The van der Waals surface area contributed by atoms with Crippen LogP contribution in [0, 0.1) is 0 Å². The number of likely N-dealkylation sites (N-methyl/N-ethyl adjacent to an activating group) is 1. The number of benzene rings is 2. The molecule has 4 heteroatoms. The lowest BCUT2D eigenvalue weighted by molar-refractivity contribution is -0.119. The van der Waals surface area contributed by atoms with E-state index in [-0.39, 0.29) is 5.91 Å². The maximum Gasteiger partial charge on any atom is 0.243 e. The van der Waals surface area contributed by atoms with Crippen LogP contribution >= 0.6 is 0 Å². The largest absolute Gasteiger partial charge is 0.497 e. The Bertz CT molecular complexity index is 581. The number of carbonyl (C=O) groups is 1. The molecule has 0 aromatic heterocycles. The molecule has 1 amide bonds. The van der Waals surface area contributed by atoms with Crippen LogP contribution in [0.5, 0.6) is 5.75 Å². The predicted molar refractivity (Wildman–Crippen MR) is 84.5 cm³/mol.